The zero-order chi connectivity index (χ0) is 30.8. The Labute approximate surface area is 255 Å². The van der Waals surface area contributed by atoms with Crippen molar-refractivity contribution in [2.75, 3.05) is 6.54 Å². The fourth-order valence-electron chi connectivity index (χ4n) is 6.36. The van der Waals surface area contributed by atoms with Crippen LogP contribution >= 0.6 is 0 Å². The van der Waals surface area contributed by atoms with Crippen LogP contribution in [0.5, 0.6) is 5.88 Å². The number of carbonyl (C=O) groups is 3. The Hall–Kier alpha value is -2.95. The Morgan fingerprint density at radius 2 is 1.95 bits per heavy atom. The van der Waals surface area contributed by atoms with Gasteiger partial charge in [0.1, 0.15) is 12.1 Å². The number of allylic oxidation sites excluding steroid dienone is 2. The summed E-state index contributed by atoms with van der Waals surface area (Å²) in [7, 11) is -3.58. The van der Waals surface area contributed by atoms with Crippen LogP contribution in [0, 0.1) is 17.8 Å². The van der Waals surface area contributed by atoms with E-state index in [0.717, 1.165) is 63.4 Å². The molecule has 1 aromatic rings. The number of hydrogen-bond donors (Lipinski definition) is 2. The molecule has 1 aromatic heterocycles. The minimum Gasteiger partial charge on any atom is -0.472 e. The van der Waals surface area contributed by atoms with Gasteiger partial charge in [0.2, 0.25) is 33.6 Å². The second kappa shape index (κ2) is 13.0. The summed E-state index contributed by atoms with van der Waals surface area (Å²) >= 11 is 0. The van der Waals surface area contributed by atoms with E-state index in [2.05, 4.69) is 15.8 Å². The number of aryl methyl sites for hydroxylation is 1. The summed E-state index contributed by atoms with van der Waals surface area (Å²) in [6.07, 6.45) is 16.5. The second-order valence-electron chi connectivity index (χ2n) is 13.2. The monoisotopic (exact) mass is 614 g/mol. The number of nitrogens with one attached hydrogen (secondary N) is 1. The number of primary amides is 1. The molecular weight excluding hydrogens is 568 g/mol. The quantitative estimate of drug-likeness (QED) is 0.240. The molecule has 43 heavy (non-hydrogen) atoms. The molecule has 3 fully saturated rings. The number of fused-ring (bicyclic) bond motifs is 1. The molecule has 11 heteroatoms. The highest BCUT2D eigenvalue weighted by molar-refractivity contribution is 7.91. The minimum absolute atomic E-state index is 0.0615. The lowest BCUT2D eigenvalue weighted by molar-refractivity contribution is -0.140. The van der Waals surface area contributed by atoms with E-state index in [1.807, 2.05) is 19.1 Å². The van der Waals surface area contributed by atoms with Crippen molar-refractivity contribution >= 4 is 27.7 Å². The number of pyridine rings is 1. The van der Waals surface area contributed by atoms with Gasteiger partial charge in [0, 0.05) is 30.0 Å². The van der Waals surface area contributed by atoms with Crippen LogP contribution in [0.2, 0.25) is 0 Å². The van der Waals surface area contributed by atoms with E-state index in [1.165, 1.54) is 5.56 Å². The van der Waals surface area contributed by atoms with Crippen molar-refractivity contribution in [2.45, 2.75) is 114 Å². The van der Waals surface area contributed by atoms with Gasteiger partial charge in [-0.3, -0.25) is 19.1 Å². The number of rotatable bonds is 14. The van der Waals surface area contributed by atoms with Crippen LogP contribution in [0.4, 0.5) is 0 Å². The largest absolute Gasteiger partial charge is 0.472 e. The molecule has 4 aliphatic rings. The number of hydrogen-bond acceptors (Lipinski definition) is 7. The van der Waals surface area contributed by atoms with Gasteiger partial charge in [-0.1, -0.05) is 31.9 Å². The number of amides is 3. The molecule has 0 spiro atoms. The molecule has 236 valence electrons. The van der Waals surface area contributed by atoms with Gasteiger partial charge < -0.3 is 15.4 Å². The Morgan fingerprint density at radius 1 is 1.19 bits per heavy atom. The van der Waals surface area contributed by atoms with Crippen molar-refractivity contribution in [3.8, 4) is 5.88 Å². The Morgan fingerprint density at radius 3 is 2.70 bits per heavy atom. The van der Waals surface area contributed by atoms with Crippen LogP contribution in [0.3, 0.4) is 0 Å². The summed E-state index contributed by atoms with van der Waals surface area (Å²) in [6, 6.07) is 1.38. The third kappa shape index (κ3) is 7.41. The van der Waals surface area contributed by atoms with Crippen LogP contribution in [-0.4, -0.2) is 59.5 Å². The molecule has 5 unspecified atom stereocenters. The van der Waals surface area contributed by atoms with Crippen LogP contribution < -0.4 is 15.2 Å². The molecule has 2 saturated carbocycles. The normalized spacial score (nSPS) is 26.5. The number of sulfonamides is 1. The van der Waals surface area contributed by atoms with Crippen molar-refractivity contribution in [3.05, 3.63) is 35.5 Å². The van der Waals surface area contributed by atoms with Gasteiger partial charge >= 0.3 is 0 Å². The van der Waals surface area contributed by atoms with Crippen LogP contribution in [0.15, 0.2) is 24.4 Å². The van der Waals surface area contributed by atoms with Gasteiger partial charge in [0.25, 0.3) is 0 Å². The lowest BCUT2D eigenvalue weighted by Crippen LogP contribution is -2.45. The van der Waals surface area contributed by atoms with Gasteiger partial charge in [0.15, 0.2) is 0 Å². The SMILES string of the molecule is CC(CCCCCC=CC1CC1C(=O)NS(=O)(=O)C1(C)CC1)C(=O)N1CC(Oc2nccc3c2CCCC3)CC1C(N)=O. The van der Waals surface area contributed by atoms with E-state index >= 15 is 0 Å². The van der Waals surface area contributed by atoms with E-state index in [1.54, 1.807) is 18.0 Å². The molecule has 3 aliphatic carbocycles. The Balaban J connectivity index is 1.01. The first-order chi connectivity index (χ1) is 20.5. The highest BCUT2D eigenvalue weighted by atomic mass is 32.2. The molecule has 3 amide bonds. The van der Waals surface area contributed by atoms with E-state index in [-0.39, 0.29) is 35.7 Å². The molecule has 10 nitrogen and oxygen atoms in total. The Bertz CT molecular complexity index is 1360. The summed E-state index contributed by atoms with van der Waals surface area (Å²) in [6.45, 7) is 3.91. The first-order valence-electron chi connectivity index (χ1n) is 15.9. The predicted molar refractivity (Wildman–Crippen MR) is 162 cm³/mol. The maximum Gasteiger partial charge on any atom is 0.240 e. The third-order valence-electron chi connectivity index (χ3n) is 9.72. The lowest BCUT2D eigenvalue weighted by atomic mass is 9.93. The number of carbonyl (C=O) groups excluding carboxylic acids is 3. The minimum atomic E-state index is -3.58. The standard InChI is InChI=1S/C32H46N4O6S/c1-21(10-6-4-3-5-7-12-23-18-26(23)29(38)35-43(40,41)32(2)15-16-32)31(39)36-20-24(19-27(36)28(33)37)42-30-25-13-9-8-11-22(25)14-17-34-30/h7,12,14,17,21,23-24,26-27H,3-6,8-11,13,15-16,18-20H2,1-2H3,(H2,33,37)(H,35,38). The summed E-state index contributed by atoms with van der Waals surface area (Å²) in [5, 5.41) is 0. The highest BCUT2D eigenvalue weighted by Crippen LogP contribution is 2.44. The van der Waals surface area contributed by atoms with Crippen molar-refractivity contribution < 1.29 is 27.5 Å². The number of ether oxygens (including phenoxy) is 1. The van der Waals surface area contributed by atoms with Crippen molar-refractivity contribution in [2.24, 2.45) is 23.5 Å². The number of nitrogens with zero attached hydrogens (tertiary/aromatic N) is 2. The van der Waals surface area contributed by atoms with E-state index in [4.69, 9.17) is 10.5 Å². The predicted octanol–water partition coefficient (Wildman–Crippen LogP) is 3.57. The molecule has 0 aromatic carbocycles. The molecule has 1 saturated heterocycles. The molecule has 5 rings (SSSR count). The van der Waals surface area contributed by atoms with Crippen LogP contribution in [-0.2, 0) is 37.2 Å². The van der Waals surface area contributed by atoms with Gasteiger partial charge in [-0.05, 0) is 88.7 Å². The molecular formula is C32H46N4O6S. The maximum absolute atomic E-state index is 13.3. The van der Waals surface area contributed by atoms with Crippen molar-refractivity contribution in [3.63, 3.8) is 0 Å². The maximum atomic E-state index is 13.3. The zero-order valence-corrected chi connectivity index (χ0v) is 26.2. The first-order valence-corrected chi connectivity index (χ1v) is 17.4. The van der Waals surface area contributed by atoms with E-state index in [0.29, 0.717) is 38.1 Å². The molecule has 2 heterocycles. The first kappa shape index (κ1) is 31.5. The van der Waals surface area contributed by atoms with Gasteiger partial charge in [-0.2, -0.15) is 0 Å². The molecule has 3 N–H and O–H groups in total. The van der Waals surface area contributed by atoms with E-state index in [9.17, 15) is 22.8 Å². The Kier molecular flexibility index (Phi) is 9.49. The highest BCUT2D eigenvalue weighted by Gasteiger charge is 2.52. The molecule has 1 aliphatic heterocycles. The average Bonchev–Trinajstić information content (AvgIpc) is 3.88. The van der Waals surface area contributed by atoms with Crippen molar-refractivity contribution in [1.82, 2.24) is 14.6 Å². The zero-order valence-electron chi connectivity index (χ0n) is 25.4. The summed E-state index contributed by atoms with van der Waals surface area (Å²) < 4.78 is 32.3. The average molecular weight is 615 g/mol. The molecule has 0 bridgehead atoms. The van der Waals surface area contributed by atoms with Crippen LogP contribution in [0.25, 0.3) is 0 Å². The van der Waals surface area contributed by atoms with Crippen LogP contribution in [0.1, 0.15) is 95.6 Å². The summed E-state index contributed by atoms with van der Waals surface area (Å²) in [5.41, 5.74) is 8.12. The number of aromatic nitrogens is 1. The fraction of sp³-hybridized carbons (Fsp3) is 0.688. The summed E-state index contributed by atoms with van der Waals surface area (Å²) in [5.74, 6) is -0.698. The van der Waals surface area contributed by atoms with Gasteiger partial charge in [-0.25, -0.2) is 13.4 Å². The molecule has 0 radical (unpaired) electrons. The molecule has 5 atom stereocenters. The number of nitrogens with two attached hydrogens (primary N) is 1. The smallest absolute Gasteiger partial charge is 0.240 e. The summed E-state index contributed by atoms with van der Waals surface area (Å²) in [4.78, 5) is 44.0. The number of likely N-dealkylation sites (tertiary alicyclic amines) is 1. The fourth-order valence-corrected chi connectivity index (χ4v) is 7.66. The number of unbranched alkanes of at least 4 members (excludes halogenated alkanes) is 3. The van der Waals surface area contributed by atoms with Gasteiger partial charge in [-0.15, -0.1) is 0 Å². The lowest BCUT2D eigenvalue weighted by Gasteiger charge is -2.25. The third-order valence-corrected chi connectivity index (χ3v) is 11.9. The second-order valence-corrected chi connectivity index (χ2v) is 15.4. The van der Waals surface area contributed by atoms with E-state index < -0.39 is 26.7 Å². The topological polar surface area (TPSA) is 149 Å². The van der Waals surface area contributed by atoms with Crippen molar-refractivity contribution in [1.29, 1.82) is 0 Å². The van der Waals surface area contributed by atoms with Gasteiger partial charge in [0.05, 0.1) is 11.3 Å².